The van der Waals surface area contributed by atoms with Crippen molar-refractivity contribution in [2.75, 3.05) is 18.9 Å². The summed E-state index contributed by atoms with van der Waals surface area (Å²) >= 11 is 0. The highest BCUT2D eigenvalue weighted by Crippen LogP contribution is 2.19. The van der Waals surface area contributed by atoms with Crippen LogP contribution in [0.3, 0.4) is 0 Å². The van der Waals surface area contributed by atoms with Crippen molar-refractivity contribution in [2.24, 2.45) is 0 Å². The molecule has 0 radical (unpaired) electrons. The Labute approximate surface area is 141 Å². The summed E-state index contributed by atoms with van der Waals surface area (Å²) in [6.45, 7) is 2.57. The summed E-state index contributed by atoms with van der Waals surface area (Å²) in [6, 6.07) is 8.77. The number of halogens is 1. The molecule has 0 atom stereocenters. The van der Waals surface area contributed by atoms with Gasteiger partial charge < -0.3 is 15.6 Å². The number of carbonyl (C=O) groups is 1. The number of aromatic amines is 1. The lowest BCUT2D eigenvalue weighted by atomic mass is 10.1. The maximum Gasteiger partial charge on any atom is 0.251 e. The van der Waals surface area contributed by atoms with Crippen LogP contribution in [0.1, 0.15) is 19.0 Å². The number of nitrogens with one attached hydrogen (secondary N) is 3. The SMILES string of the molecule is CCc1cc(=O)[nH]c(-c2cccc(NC(=O)CCNC)c2)n1.Cl. The van der Waals surface area contributed by atoms with Gasteiger partial charge in [-0.3, -0.25) is 9.59 Å². The molecule has 1 heterocycles. The van der Waals surface area contributed by atoms with Gasteiger partial charge in [0.25, 0.3) is 5.56 Å². The van der Waals surface area contributed by atoms with E-state index in [4.69, 9.17) is 0 Å². The Morgan fingerprint density at radius 1 is 1.30 bits per heavy atom. The Morgan fingerprint density at radius 2 is 2.09 bits per heavy atom. The second-order valence-electron chi connectivity index (χ2n) is 4.92. The Morgan fingerprint density at radius 3 is 2.78 bits per heavy atom. The minimum absolute atomic E-state index is 0. The molecular weight excluding hydrogens is 316 g/mol. The molecule has 0 saturated heterocycles. The van der Waals surface area contributed by atoms with Crippen molar-refractivity contribution in [3.05, 3.63) is 46.4 Å². The second-order valence-corrected chi connectivity index (χ2v) is 4.92. The van der Waals surface area contributed by atoms with Crippen LogP contribution in [0.15, 0.2) is 35.1 Å². The molecule has 0 saturated carbocycles. The molecule has 0 aliphatic rings. The molecule has 6 nitrogen and oxygen atoms in total. The molecule has 7 heteroatoms. The van der Waals surface area contributed by atoms with Crippen molar-refractivity contribution < 1.29 is 4.79 Å². The monoisotopic (exact) mass is 336 g/mol. The first-order valence-corrected chi connectivity index (χ1v) is 7.27. The number of nitrogens with zero attached hydrogens (tertiary/aromatic N) is 1. The maximum atomic E-state index is 11.7. The van der Waals surface area contributed by atoms with Crippen LogP contribution in [0.2, 0.25) is 0 Å². The molecule has 0 spiro atoms. The number of hydrogen-bond acceptors (Lipinski definition) is 4. The molecule has 0 fully saturated rings. The van der Waals surface area contributed by atoms with Crippen molar-refractivity contribution in [1.29, 1.82) is 0 Å². The average molecular weight is 337 g/mol. The van der Waals surface area contributed by atoms with Crippen molar-refractivity contribution >= 4 is 24.0 Å². The molecule has 1 amide bonds. The highest BCUT2D eigenvalue weighted by molar-refractivity contribution is 5.91. The van der Waals surface area contributed by atoms with Crippen molar-refractivity contribution in [3.63, 3.8) is 0 Å². The first-order chi connectivity index (χ1) is 10.6. The van der Waals surface area contributed by atoms with Crippen molar-refractivity contribution in [2.45, 2.75) is 19.8 Å². The Bertz CT molecular complexity index is 715. The number of benzene rings is 1. The third-order valence-corrected chi connectivity index (χ3v) is 3.18. The summed E-state index contributed by atoms with van der Waals surface area (Å²) in [5.41, 5.74) is 2.01. The molecule has 0 aliphatic carbocycles. The van der Waals surface area contributed by atoms with Crippen LogP contribution in [-0.4, -0.2) is 29.5 Å². The van der Waals surface area contributed by atoms with Gasteiger partial charge >= 0.3 is 0 Å². The van der Waals surface area contributed by atoms with Crippen LogP contribution in [0, 0.1) is 0 Å². The van der Waals surface area contributed by atoms with Gasteiger partial charge in [0.05, 0.1) is 0 Å². The van der Waals surface area contributed by atoms with Gasteiger partial charge in [0.15, 0.2) is 0 Å². The summed E-state index contributed by atoms with van der Waals surface area (Å²) in [7, 11) is 1.80. The molecule has 1 aromatic heterocycles. The molecule has 0 unspecified atom stereocenters. The molecule has 0 bridgehead atoms. The standard InChI is InChI=1S/C16H20N4O2.ClH/c1-3-12-10-15(22)20-16(19-12)11-5-4-6-13(9-11)18-14(21)7-8-17-2;/h4-6,9-10,17H,3,7-8H2,1-2H3,(H,18,21)(H,19,20,22);1H. The van der Waals surface area contributed by atoms with Gasteiger partial charge in [0.1, 0.15) is 5.82 Å². The van der Waals surface area contributed by atoms with E-state index in [0.717, 1.165) is 11.3 Å². The number of H-pyrrole nitrogens is 1. The fraction of sp³-hybridized carbons (Fsp3) is 0.312. The zero-order valence-electron chi connectivity index (χ0n) is 13.2. The first-order valence-electron chi connectivity index (χ1n) is 7.27. The lowest BCUT2D eigenvalue weighted by molar-refractivity contribution is -0.116. The Balaban J connectivity index is 0.00000264. The summed E-state index contributed by atoms with van der Waals surface area (Å²) in [4.78, 5) is 30.5. The summed E-state index contributed by atoms with van der Waals surface area (Å²) < 4.78 is 0. The van der Waals surface area contributed by atoms with Gasteiger partial charge in [0, 0.05) is 36.0 Å². The van der Waals surface area contributed by atoms with E-state index in [0.29, 0.717) is 30.9 Å². The summed E-state index contributed by atoms with van der Waals surface area (Å²) in [5.74, 6) is 0.450. The van der Waals surface area contributed by atoms with E-state index in [1.165, 1.54) is 6.07 Å². The van der Waals surface area contributed by atoms with E-state index < -0.39 is 0 Å². The lowest BCUT2D eigenvalue weighted by Crippen LogP contribution is -2.18. The predicted octanol–water partition coefficient (Wildman–Crippen LogP) is 1.97. The molecule has 0 aliphatic heterocycles. The minimum atomic E-state index is -0.176. The van der Waals surface area contributed by atoms with E-state index in [1.807, 2.05) is 25.1 Å². The number of aromatic nitrogens is 2. The fourth-order valence-corrected chi connectivity index (χ4v) is 2.03. The largest absolute Gasteiger partial charge is 0.326 e. The topological polar surface area (TPSA) is 86.9 Å². The number of aryl methyl sites for hydroxylation is 1. The molecule has 2 rings (SSSR count). The second kappa shape index (κ2) is 9.07. The van der Waals surface area contributed by atoms with Crippen molar-refractivity contribution in [1.82, 2.24) is 15.3 Å². The average Bonchev–Trinajstić information content (AvgIpc) is 2.52. The molecule has 124 valence electrons. The van der Waals surface area contributed by atoms with Crippen molar-refractivity contribution in [3.8, 4) is 11.4 Å². The quantitative estimate of drug-likeness (QED) is 0.752. The summed E-state index contributed by atoms with van der Waals surface area (Å²) in [5, 5.41) is 5.76. The lowest BCUT2D eigenvalue weighted by Gasteiger charge is -2.08. The number of amides is 1. The molecule has 2 aromatic rings. The van der Waals surface area contributed by atoms with Crippen LogP contribution >= 0.6 is 12.4 Å². The van der Waals surface area contributed by atoms with Crippen LogP contribution in [0.25, 0.3) is 11.4 Å². The number of anilines is 1. The Kier molecular flexibility index (Phi) is 7.44. The Hall–Kier alpha value is -2.18. The molecule has 3 N–H and O–H groups in total. The predicted molar refractivity (Wildman–Crippen MR) is 94.1 cm³/mol. The number of hydrogen-bond donors (Lipinski definition) is 3. The third kappa shape index (κ3) is 5.50. The van der Waals surface area contributed by atoms with Gasteiger partial charge in [-0.2, -0.15) is 0 Å². The van der Waals surface area contributed by atoms with E-state index >= 15 is 0 Å². The zero-order chi connectivity index (χ0) is 15.9. The third-order valence-electron chi connectivity index (χ3n) is 3.18. The summed E-state index contributed by atoms with van der Waals surface area (Å²) in [6.07, 6.45) is 1.10. The van der Waals surface area contributed by atoms with Crippen LogP contribution in [0.4, 0.5) is 5.69 Å². The van der Waals surface area contributed by atoms with Gasteiger partial charge in [-0.05, 0) is 25.6 Å². The molecular formula is C16H21ClN4O2. The van der Waals surface area contributed by atoms with Crippen LogP contribution in [0.5, 0.6) is 0 Å². The van der Waals surface area contributed by atoms with Gasteiger partial charge in [-0.15, -0.1) is 12.4 Å². The highest BCUT2D eigenvalue weighted by atomic mass is 35.5. The zero-order valence-corrected chi connectivity index (χ0v) is 14.0. The van der Waals surface area contributed by atoms with Crippen LogP contribution in [-0.2, 0) is 11.2 Å². The minimum Gasteiger partial charge on any atom is -0.326 e. The van der Waals surface area contributed by atoms with Gasteiger partial charge in [-0.1, -0.05) is 19.1 Å². The maximum absolute atomic E-state index is 11.7. The molecule has 23 heavy (non-hydrogen) atoms. The highest BCUT2D eigenvalue weighted by Gasteiger charge is 2.06. The van der Waals surface area contributed by atoms with Gasteiger partial charge in [-0.25, -0.2) is 4.98 Å². The van der Waals surface area contributed by atoms with Gasteiger partial charge in [0.2, 0.25) is 5.91 Å². The van der Waals surface area contributed by atoms with Crippen LogP contribution < -0.4 is 16.2 Å². The number of carbonyl (C=O) groups excluding carboxylic acids is 1. The van der Waals surface area contributed by atoms with E-state index in [2.05, 4.69) is 20.6 Å². The fourth-order valence-electron chi connectivity index (χ4n) is 2.03. The van der Waals surface area contributed by atoms with E-state index in [-0.39, 0.29) is 23.9 Å². The smallest absolute Gasteiger partial charge is 0.251 e. The number of rotatable bonds is 6. The van der Waals surface area contributed by atoms with E-state index in [9.17, 15) is 9.59 Å². The van der Waals surface area contributed by atoms with E-state index in [1.54, 1.807) is 13.1 Å². The first kappa shape index (κ1) is 18.9. The normalized spacial score (nSPS) is 10.0. The molecule has 1 aromatic carbocycles.